The summed E-state index contributed by atoms with van der Waals surface area (Å²) >= 11 is 0. The Hall–Kier alpha value is -2.55. The number of H-pyrrole nitrogens is 1. The van der Waals surface area contributed by atoms with Crippen molar-refractivity contribution in [2.45, 2.75) is 26.7 Å². The summed E-state index contributed by atoms with van der Waals surface area (Å²) < 4.78 is 0. The minimum Gasteiger partial charge on any atom is -0.358 e. The normalized spacial score (nSPS) is 10.8. The number of hydrogen-bond donors (Lipinski definition) is 2. The molecule has 3 rings (SSSR count). The Morgan fingerprint density at radius 3 is 2.55 bits per heavy atom. The van der Waals surface area contributed by atoms with Crippen LogP contribution in [0.4, 0.5) is 5.69 Å². The number of para-hydroxylation sites is 1. The topological polar surface area (TPSA) is 44.9 Å². The van der Waals surface area contributed by atoms with E-state index in [0.717, 1.165) is 35.1 Å². The zero-order chi connectivity index (χ0) is 15.5. The number of amides is 1. The number of aryl methyl sites for hydroxylation is 2. The molecule has 0 aliphatic rings. The molecule has 0 unspecified atom stereocenters. The van der Waals surface area contributed by atoms with Gasteiger partial charge in [-0.15, -0.1) is 0 Å². The zero-order valence-electron chi connectivity index (χ0n) is 12.9. The first-order valence-electron chi connectivity index (χ1n) is 7.66. The van der Waals surface area contributed by atoms with Crippen molar-refractivity contribution in [2.24, 2.45) is 0 Å². The highest BCUT2D eigenvalue weighted by Crippen LogP contribution is 2.23. The van der Waals surface area contributed by atoms with Gasteiger partial charge >= 0.3 is 0 Å². The number of carbonyl (C=O) groups excluding carboxylic acids is 1. The van der Waals surface area contributed by atoms with Crippen LogP contribution in [0.3, 0.4) is 0 Å². The van der Waals surface area contributed by atoms with Crippen LogP contribution in [0.15, 0.2) is 48.5 Å². The predicted molar refractivity (Wildman–Crippen MR) is 91.4 cm³/mol. The van der Waals surface area contributed by atoms with Crippen molar-refractivity contribution in [1.29, 1.82) is 0 Å². The van der Waals surface area contributed by atoms with Crippen LogP contribution in [-0.2, 0) is 6.42 Å². The summed E-state index contributed by atoms with van der Waals surface area (Å²) in [7, 11) is 0. The van der Waals surface area contributed by atoms with Gasteiger partial charge in [0.2, 0.25) is 0 Å². The second-order valence-electron chi connectivity index (χ2n) is 5.57. The maximum absolute atomic E-state index is 12.6. The van der Waals surface area contributed by atoms with Gasteiger partial charge in [0.15, 0.2) is 0 Å². The van der Waals surface area contributed by atoms with Crippen molar-refractivity contribution in [1.82, 2.24) is 4.98 Å². The van der Waals surface area contributed by atoms with Crippen molar-refractivity contribution in [2.75, 3.05) is 5.32 Å². The third-order valence-electron chi connectivity index (χ3n) is 3.87. The molecule has 0 saturated heterocycles. The molecular formula is C19H20N2O. The quantitative estimate of drug-likeness (QED) is 0.720. The summed E-state index contributed by atoms with van der Waals surface area (Å²) in [5.74, 6) is -0.0711. The van der Waals surface area contributed by atoms with Crippen molar-refractivity contribution in [3.63, 3.8) is 0 Å². The van der Waals surface area contributed by atoms with E-state index in [1.54, 1.807) is 0 Å². The first kappa shape index (κ1) is 14.4. The van der Waals surface area contributed by atoms with E-state index >= 15 is 0 Å². The van der Waals surface area contributed by atoms with E-state index in [1.807, 2.05) is 43.3 Å². The van der Waals surface area contributed by atoms with E-state index in [-0.39, 0.29) is 5.91 Å². The molecule has 0 fully saturated rings. The van der Waals surface area contributed by atoms with E-state index in [0.29, 0.717) is 5.56 Å². The number of aromatic amines is 1. The highest BCUT2D eigenvalue weighted by Gasteiger charge is 2.15. The lowest BCUT2D eigenvalue weighted by Crippen LogP contribution is -2.12. The number of nitrogens with one attached hydrogen (secondary N) is 2. The predicted octanol–water partition coefficient (Wildman–Crippen LogP) is 4.68. The molecule has 0 radical (unpaired) electrons. The Kier molecular flexibility index (Phi) is 3.96. The summed E-state index contributed by atoms with van der Waals surface area (Å²) in [6, 6.07) is 15.9. The van der Waals surface area contributed by atoms with Crippen LogP contribution in [0.5, 0.6) is 0 Å². The van der Waals surface area contributed by atoms with Gasteiger partial charge in [0.05, 0.1) is 5.56 Å². The molecule has 3 nitrogen and oxygen atoms in total. The summed E-state index contributed by atoms with van der Waals surface area (Å²) in [5.41, 5.74) is 4.72. The van der Waals surface area contributed by atoms with Crippen LogP contribution in [0, 0.1) is 6.92 Å². The lowest BCUT2D eigenvalue weighted by atomic mass is 10.1. The fourth-order valence-corrected chi connectivity index (χ4v) is 2.81. The van der Waals surface area contributed by atoms with E-state index in [4.69, 9.17) is 0 Å². The largest absolute Gasteiger partial charge is 0.358 e. The number of hydrogen-bond acceptors (Lipinski definition) is 1. The summed E-state index contributed by atoms with van der Waals surface area (Å²) in [6.07, 6.45) is 2.19. The molecular weight excluding hydrogens is 272 g/mol. The zero-order valence-corrected chi connectivity index (χ0v) is 12.9. The summed E-state index contributed by atoms with van der Waals surface area (Å²) in [5, 5.41) is 3.95. The van der Waals surface area contributed by atoms with Crippen molar-refractivity contribution >= 4 is 22.5 Å². The Morgan fingerprint density at radius 1 is 1.09 bits per heavy atom. The van der Waals surface area contributed by atoms with Gasteiger partial charge in [-0.3, -0.25) is 4.79 Å². The van der Waals surface area contributed by atoms with Gasteiger partial charge in [-0.2, -0.15) is 0 Å². The lowest BCUT2D eigenvalue weighted by molar-refractivity contribution is 0.102. The standard InChI is InChI=1S/C19H20N2O/c1-3-6-14-9-11-15(12-10-14)21-19(22)18-13(2)20-17-8-5-4-7-16(17)18/h4-5,7-12,20H,3,6H2,1-2H3,(H,21,22). The molecule has 0 bridgehead atoms. The molecule has 3 aromatic rings. The van der Waals surface area contributed by atoms with Crippen LogP contribution in [0.1, 0.15) is 35.0 Å². The summed E-state index contributed by atoms with van der Waals surface area (Å²) in [4.78, 5) is 15.8. The minimum absolute atomic E-state index is 0.0711. The lowest BCUT2D eigenvalue weighted by Gasteiger charge is -2.07. The van der Waals surface area contributed by atoms with Gasteiger partial charge in [0.1, 0.15) is 0 Å². The van der Waals surface area contributed by atoms with Crippen LogP contribution < -0.4 is 5.32 Å². The van der Waals surface area contributed by atoms with Crippen LogP contribution >= 0.6 is 0 Å². The Morgan fingerprint density at radius 2 is 1.82 bits per heavy atom. The fraction of sp³-hybridized carbons (Fsp3) is 0.211. The minimum atomic E-state index is -0.0711. The van der Waals surface area contributed by atoms with Crippen molar-refractivity contribution in [3.05, 3.63) is 65.4 Å². The van der Waals surface area contributed by atoms with E-state index in [1.165, 1.54) is 5.56 Å². The van der Waals surface area contributed by atoms with Gasteiger partial charge in [-0.1, -0.05) is 43.7 Å². The maximum Gasteiger partial charge on any atom is 0.258 e. The first-order chi connectivity index (χ1) is 10.7. The molecule has 0 saturated carbocycles. The highest BCUT2D eigenvalue weighted by molar-refractivity contribution is 6.13. The molecule has 22 heavy (non-hydrogen) atoms. The van der Waals surface area contributed by atoms with Gasteiger partial charge in [-0.05, 0) is 37.1 Å². The number of aromatic nitrogens is 1. The van der Waals surface area contributed by atoms with Gasteiger partial charge in [-0.25, -0.2) is 0 Å². The third-order valence-corrected chi connectivity index (χ3v) is 3.87. The van der Waals surface area contributed by atoms with Crippen molar-refractivity contribution in [3.8, 4) is 0 Å². The van der Waals surface area contributed by atoms with Gasteiger partial charge in [0, 0.05) is 22.3 Å². The average Bonchev–Trinajstić information content (AvgIpc) is 2.85. The van der Waals surface area contributed by atoms with Crippen LogP contribution in [0.2, 0.25) is 0 Å². The van der Waals surface area contributed by atoms with Crippen LogP contribution in [0.25, 0.3) is 10.9 Å². The third kappa shape index (κ3) is 2.75. The molecule has 1 aromatic heterocycles. The Labute approximate surface area is 130 Å². The SMILES string of the molecule is CCCc1ccc(NC(=O)c2c(C)[nH]c3ccccc23)cc1. The Bertz CT molecular complexity index is 800. The average molecular weight is 292 g/mol. The number of rotatable bonds is 4. The molecule has 0 aliphatic heterocycles. The fourth-order valence-electron chi connectivity index (χ4n) is 2.81. The second-order valence-corrected chi connectivity index (χ2v) is 5.57. The monoisotopic (exact) mass is 292 g/mol. The number of fused-ring (bicyclic) bond motifs is 1. The molecule has 1 heterocycles. The van der Waals surface area contributed by atoms with Crippen LogP contribution in [-0.4, -0.2) is 10.9 Å². The molecule has 0 spiro atoms. The van der Waals surface area contributed by atoms with Gasteiger partial charge in [0.25, 0.3) is 5.91 Å². The van der Waals surface area contributed by atoms with E-state index in [2.05, 4.69) is 29.4 Å². The highest BCUT2D eigenvalue weighted by atomic mass is 16.1. The molecule has 2 aromatic carbocycles. The maximum atomic E-state index is 12.6. The van der Waals surface area contributed by atoms with Gasteiger partial charge < -0.3 is 10.3 Å². The molecule has 3 heteroatoms. The van der Waals surface area contributed by atoms with Crippen molar-refractivity contribution < 1.29 is 4.79 Å². The first-order valence-corrected chi connectivity index (χ1v) is 7.66. The number of benzene rings is 2. The number of carbonyl (C=O) groups is 1. The molecule has 0 aliphatic carbocycles. The molecule has 2 N–H and O–H groups in total. The number of anilines is 1. The second kappa shape index (κ2) is 6.06. The molecule has 1 amide bonds. The molecule has 112 valence electrons. The van der Waals surface area contributed by atoms with E-state index in [9.17, 15) is 4.79 Å². The molecule has 0 atom stereocenters. The van der Waals surface area contributed by atoms with E-state index < -0.39 is 0 Å². The smallest absolute Gasteiger partial charge is 0.258 e. The Balaban J connectivity index is 1.85. The summed E-state index contributed by atoms with van der Waals surface area (Å²) in [6.45, 7) is 4.09.